The second-order valence-corrected chi connectivity index (χ2v) is 6.68. The number of likely N-dealkylation sites (N-methyl/N-ethyl adjacent to an activating group) is 1. The molecule has 0 aromatic heterocycles. The van der Waals surface area contributed by atoms with Gasteiger partial charge in [0.2, 0.25) is 11.8 Å². The summed E-state index contributed by atoms with van der Waals surface area (Å²) < 4.78 is 0. The number of nitrogens with zero attached hydrogens (tertiary/aromatic N) is 2. The van der Waals surface area contributed by atoms with Gasteiger partial charge in [0.25, 0.3) is 0 Å². The van der Waals surface area contributed by atoms with E-state index < -0.39 is 0 Å². The molecule has 1 fully saturated rings. The Morgan fingerprint density at radius 2 is 1.84 bits per heavy atom. The van der Waals surface area contributed by atoms with Gasteiger partial charge >= 0.3 is 0 Å². The molecule has 2 amide bonds. The predicted octanol–water partition coefficient (Wildman–Crippen LogP) is 1.38. The van der Waals surface area contributed by atoms with E-state index >= 15 is 0 Å². The molecular weight excluding hydrogens is 316 g/mol. The van der Waals surface area contributed by atoms with E-state index in [1.807, 2.05) is 45.9 Å². The van der Waals surface area contributed by atoms with E-state index in [-0.39, 0.29) is 17.9 Å². The van der Waals surface area contributed by atoms with Crippen LogP contribution in [0, 0.1) is 13.8 Å². The van der Waals surface area contributed by atoms with Gasteiger partial charge in [-0.25, -0.2) is 0 Å². The minimum absolute atomic E-state index is 0.0129. The van der Waals surface area contributed by atoms with Crippen molar-refractivity contribution in [3.05, 3.63) is 29.3 Å². The smallest absolute Gasteiger partial charge is 0.238 e. The van der Waals surface area contributed by atoms with E-state index in [0.29, 0.717) is 13.1 Å². The molecule has 0 spiro atoms. The van der Waals surface area contributed by atoms with E-state index in [2.05, 4.69) is 20.4 Å². The molecule has 1 heterocycles. The van der Waals surface area contributed by atoms with E-state index in [4.69, 9.17) is 0 Å². The third-order valence-corrected chi connectivity index (χ3v) is 4.93. The van der Waals surface area contributed by atoms with Gasteiger partial charge in [-0.05, 0) is 44.9 Å². The third kappa shape index (κ3) is 5.28. The SMILES string of the molecule is CCNC(=O)[C@@H](C)N1CCN(CC(=O)Nc2cccc(C)c2C)CC1. The van der Waals surface area contributed by atoms with Crippen LogP contribution in [0.4, 0.5) is 5.69 Å². The molecule has 0 aliphatic carbocycles. The molecule has 1 aromatic rings. The lowest BCUT2D eigenvalue weighted by molar-refractivity contribution is -0.127. The first kappa shape index (κ1) is 19.4. The number of amides is 2. The summed E-state index contributed by atoms with van der Waals surface area (Å²) in [5, 5.41) is 5.87. The molecule has 25 heavy (non-hydrogen) atoms. The van der Waals surface area contributed by atoms with Crippen LogP contribution in [0.15, 0.2) is 18.2 Å². The van der Waals surface area contributed by atoms with E-state index in [9.17, 15) is 9.59 Å². The Morgan fingerprint density at radius 3 is 2.48 bits per heavy atom. The summed E-state index contributed by atoms with van der Waals surface area (Å²) in [6, 6.07) is 5.82. The zero-order valence-corrected chi connectivity index (χ0v) is 15.8. The Morgan fingerprint density at radius 1 is 1.16 bits per heavy atom. The maximum Gasteiger partial charge on any atom is 0.238 e. The fourth-order valence-corrected chi connectivity index (χ4v) is 3.08. The highest BCUT2D eigenvalue weighted by molar-refractivity contribution is 5.93. The monoisotopic (exact) mass is 346 g/mol. The molecule has 1 aromatic carbocycles. The Bertz CT molecular complexity index is 609. The van der Waals surface area contributed by atoms with Gasteiger partial charge < -0.3 is 10.6 Å². The van der Waals surface area contributed by atoms with Gasteiger partial charge in [0.15, 0.2) is 0 Å². The fourth-order valence-electron chi connectivity index (χ4n) is 3.08. The maximum atomic E-state index is 12.3. The minimum Gasteiger partial charge on any atom is -0.355 e. The number of piperazine rings is 1. The van der Waals surface area contributed by atoms with Crippen molar-refractivity contribution < 1.29 is 9.59 Å². The normalized spacial score (nSPS) is 17.1. The van der Waals surface area contributed by atoms with Crippen molar-refractivity contribution in [1.29, 1.82) is 0 Å². The molecule has 1 saturated heterocycles. The van der Waals surface area contributed by atoms with Crippen molar-refractivity contribution in [1.82, 2.24) is 15.1 Å². The quantitative estimate of drug-likeness (QED) is 0.817. The number of hydrogen-bond acceptors (Lipinski definition) is 4. The molecule has 0 radical (unpaired) electrons. The molecule has 6 nitrogen and oxygen atoms in total. The van der Waals surface area contributed by atoms with Crippen LogP contribution in [-0.4, -0.2) is 66.9 Å². The maximum absolute atomic E-state index is 12.3. The van der Waals surface area contributed by atoms with Crippen molar-refractivity contribution in [2.24, 2.45) is 0 Å². The second kappa shape index (κ2) is 8.97. The van der Waals surface area contributed by atoms with Gasteiger partial charge in [0, 0.05) is 38.4 Å². The lowest BCUT2D eigenvalue weighted by Gasteiger charge is -2.37. The third-order valence-electron chi connectivity index (χ3n) is 4.93. The number of nitrogens with one attached hydrogen (secondary N) is 2. The topological polar surface area (TPSA) is 64.7 Å². The Kier molecular flexibility index (Phi) is 6.96. The molecule has 0 bridgehead atoms. The summed E-state index contributed by atoms with van der Waals surface area (Å²) in [5.74, 6) is 0.0857. The van der Waals surface area contributed by atoms with Crippen LogP contribution in [-0.2, 0) is 9.59 Å². The molecule has 0 saturated carbocycles. The van der Waals surface area contributed by atoms with Crippen LogP contribution in [0.3, 0.4) is 0 Å². The predicted molar refractivity (Wildman–Crippen MR) is 101 cm³/mol. The van der Waals surface area contributed by atoms with Crippen LogP contribution in [0.5, 0.6) is 0 Å². The standard InChI is InChI=1S/C19H30N4O2/c1-5-20-19(25)16(4)23-11-9-22(10-12-23)13-18(24)21-17-8-6-7-14(2)15(17)3/h6-8,16H,5,9-13H2,1-4H3,(H,20,25)(H,21,24)/t16-/m1/s1. The summed E-state index contributed by atoms with van der Waals surface area (Å²) in [6.45, 7) is 12.2. The molecule has 1 aliphatic rings. The largest absolute Gasteiger partial charge is 0.355 e. The average molecular weight is 346 g/mol. The van der Waals surface area contributed by atoms with Crippen molar-refractivity contribution in [3.63, 3.8) is 0 Å². The Balaban J connectivity index is 1.80. The summed E-state index contributed by atoms with van der Waals surface area (Å²) in [6.07, 6.45) is 0. The van der Waals surface area contributed by atoms with Crippen molar-refractivity contribution >= 4 is 17.5 Å². The molecule has 1 aliphatic heterocycles. The number of carbonyl (C=O) groups is 2. The average Bonchev–Trinajstić information content (AvgIpc) is 2.59. The minimum atomic E-state index is -0.120. The van der Waals surface area contributed by atoms with Gasteiger partial charge in [0.05, 0.1) is 12.6 Å². The molecule has 0 unspecified atom stereocenters. The molecule has 2 rings (SSSR count). The lowest BCUT2D eigenvalue weighted by atomic mass is 10.1. The van der Waals surface area contributed by atoms with Crippen LogP contribution < -0.4 is 10.6 Å². The highest BCUT2D eigenvalue weighted by Gasteiger charge is 2.25. The van der Waals surface area contributed by atoms with Crippen molar-refractivity contribution in [2.45, 2.75) is 33.7 Å². The zero-order valence-electron chi connectivity index (χ0n) is 15.8. The van der Waals surface area contributed by atoms with E-state index in [1.54, 1.807) is 0 Å². The number of anilines is 1. The van der Waals surface area contributed by atoms with E-state index in [0.717, 1.165) is 37.4 Å². The first-order valence-corrected chi connectivity index (χ1v) is 9.02. The van der Waals surface area contributed by atoms with Crippen LogP contribution in [0.2, 0.25) is 0 Å². The number of aryl methyl sites for hydroxylation is 1. The second-order valence-electron chi connectivity index (χ2n) is 6.68. The van der Waals surface area contributed by atoms with Crippen LogP contribution >= 0.6 is 0 Å². The number of hydrogen-bond donors (Lipinski definition) is 2. The summed E-state index contributed by atoms with van der Waals surface area (Å²) >= 11 is 0. The highest BCUT2D eigenvalue weighted by atomic mass is 16.2. The number of carbonyl (C=O) groups excluding carboxylic acids is 2. The summed E-state index contributed by atoms with van der Waals surface area (Å²) in [5.41, 5.74) is 3.16. The zero-order chi connectivity index (χ0) is 18.4. The van der Waals surface area contributed by atoms with E-state index in [1.165, 1.54) is 5.56 Å². The van der Waals surface area contributed by atoms with Gasteiger partial charge in [0.1, 0.15) is 0 Å². The molecule has 138 valence electrons. The number of benzene rings is 1. The molecule has 6 heteroatoms. The number of rotatable bonds is 6. The van der Waals surface area contributed by atoms with Gasteiger partial charge in [-0.15, -0.1) is 0 Å². The van der Waals surface area contributed by atoms with Crippen LogP contribution in [0.25, 0.3) is 0 Å². The highest BCUT2D eigenvalue weighted by Crippen LogP contribution is 2.18. The molecule has 1 atom stereocenters. The first-order chi connectivity index (χ1) is 11.9. The van der Waals surface area contributed by atoms with Gasteiger partial charge in [-0.2, -0.15) is 0 Å². The summed E-state index contributed by atoms with van der Waals surface area (Å²) in [7, 11) is 0. The Hall–Kier alpha value is -1.92. The van der Waals surface area contributed by atoms with Crippen molar-refractivity contribution in [3.8, 4) is 0 Å². The Labute approximate surface area is 150 Å². The molecule has 2 N–H and O–H groups in total. The lowest BCUT2D eigenvalue weighted by Crippen LogP contribution is -2.54. The first-order valence-electron chi connectivity index (χ1n) is 9.02. The molecular formula is C19H30N4O2. The van der Waals surface area contributed by atoms with Gasteiger partial charge in [-0.3, -0.25) is 19.4 Å². The van der Waals surface area contributed by atoms with Gasteiger partial charge in [-0.1, -0.05) is 12.1 Å². The fraction of sp³-hybridized carbons (Fsp3) is 0.579. The van der Waals surface area contributed by atoms with Crippen molar-refractivity contribution in [2.75, 3.05) is 44.6 Å². The summed E-state index contributed by atoms with van der Waals surface area (Å²) in [4.78, 5) is 28.6. The van der Waals surface area contributed by atoms with Crippen LogP contribution in [0.1, 0.15) is 25.0 Å².